The van der Waals surface area contributed by atoms with Gasteiger partial charge in [0.25, 0.3) is 5.56 Å². The Morgan fingerprint density at radius 3 is 2.41 bits per heavy atom. The van der Waals surface area contributed by atoms with Crippen LogP contribution in [-0.2, 0) is 0 Å². The molecule has 0 bridgehead atoms. The van der Waals surface area contributed by atoms with E-state index in [1.807, 2.05) is 0 Å². The summed E-state index contributed by atoms with van der Waals surface area (Å²) in [6.45, 7) is 0. The summed E-state index contributed by atoms with van der Waals surface area (Å²) >= 11 is 23.0. The normalized spacial score (nSPS) is 10.6. The smallest absolute Gasteiger partial charge is 0.266 e. The van der Waals surface area contributed by atoms with Crippen LogP contribution in [0.5, 0.6) is 0 Å². The highest BCUT2D eigenvalue weighted by Gasteiger charge is 2.12. The zero-order chi connectivity index (χ0) is 12.6. The van der Waals surface area contributed by atoms with Crippen molar-refractivity contribution in [1.29, 1.82) is 0 Å². The van der Waals surface area contributed by atoms with E-state index in [1.165, 1.54) is 18.5 Å². The van der Waals surface area contributed by atoms with Gasteiger partial charge >= 0.3 is 0 Å². The van der Waals surface area contributed by atoms with Crippen LogP contribution in [0.15, 0.2) is 23.3 Å². The summed E-state index contributed by atoms with van der Waals surface area (Å²) < 4.78 is 0.951. The number of nitrogens with zero attached hydrogens (tertiary/aromatic N) is 3. The molecule has 0 aliphatic carbocycles. The summed E-state index contributed by atoms with van der Waals surface area (Å²) in [5.74, 6) is 0.139. The van der Waals surface area contributed by atoms with Gasteiger partial charge in [0.05, 0.1) is 21.3 Å². The molecule has 0 radical (unpaired) electrons. The molecule has 0 unspecified atom stereocenters. The summed E-state index contributed by atoms with van der Waals surface area (Å²) in [7, 11) is 0. The number of rotatable bonds is 1. The van der Waals surface area contributed by atoms with Gasteiger partial charge in [-0.3, -0.25) is 4.79 Å². The molecule has 0 saturated carbocycles. The van der Waals surface area contributed by atoms with Gasteiger partial charge in [-0.25, -0.2) is 4.98 Å². The van der Waals surface area contributed by atoms with E-state index in [0.29, 0.717) is 5.02 Å². The largest absolute Gasteiger partial charge is 0.293 e. The van der Waals surface area contributed by atoms with Gasteiger partial charge in [0.1, 0.15) is 5.02 Å². The van der Waals surface area contributed by atoms with Gasteiger partial charge in [0.2, 0.25) is 0 Å². The molecule has 0 amide bonds. The summed E-state index contributed by atoms with van der Waals surface area (Å²) in [5, 5.41) is 4.26. The number of hydrogen-bond acceptors (Lipinski definition) is 3. The van der Waals surface area contributed by atoms with Crippen molar-refractivity contribution in [2.24, 2.45) is 0 Å². The Morgan fingerprint density at radius 2 is 1.76 bits per heavy atom. The lowest BCUT2D eigenvalue weighted by Gasteiger charge is -2.06. The number of halogens is 4. The van der Waals surface area contributed by atoms with Crippen molar-refractivity contribution < 1.29 is 0 Å². The molecular formula is C9H3Cl4N3O. The van der Waals surface area contributed by atoms with Crippen molar-refractivity contribution in [3.63, 3.8) is 0 Å². The minimum absolute atomic E-state index is 0.0676. The van der Waals surface area contributed by atoms with Crippen molar-refractivity contribution in [2.75, 3.05) is 0 Å². The second-order valence-electron chi connectivity index (χ2n) is 2.98. The van der Waals surface area contributed by atoms with E-state index in [2.05, 4.69) is 10.1 Å². The molecule has 0 fully saturated rings. The number of hydrogen-bond donors (Lipinski definition) is 0. The van der Waals surface area contributed by atoms with Crippen LogP contribution < -0.4 is 5.56 Å². The molecule has 0 N–H and O–H groups in total. The molecule has 4 nitrogen and oxygen atoms in total. The molecule has 8 heteroatoms. The lowest BCUT2D eigenvalue weighted by Crippen LogP contribution is -2.22. The molecule has 2 heterocycles. The van der Waals surface area contributed by atoms with Crippen molar-refractivity contribution in [1.82, 2.24) is 14.8 Å². The van der Waals surface area contributed by atoms with E-state index in [9.17, 15) is 4.79 Å². The predicted octanol–water partition coefficient (Wildman–Crippen LogP) is 3.24. The van der Waals surface area contributed by atoms with Gasteiger partial charge in [0.15, 0.2) is 5.82 Å². The highest BCUT2D eigenvalue weighted by Crippen LogP contribution is 2.21. The SMILES string of the molecule is O=c1c(Cl)c(Cl)cnn1-c1ncc(Cl)cc1Cl. The maximum absolute atomic E-state index is 11.8. The lowest BCUT2D eigenvalue weighted by atomic mass is 10.4. The van der Waals surface area contributed by atoms with Crippen LogP contribution in [0, 0.1) is 0 Å². The first-order chi connectivity index (χ1) is 8.00. The van der Waals surface area contributed by atoms with Crippen LogP contribution in [0.3, 0.4) is 0 Å². The van der Waals surface area contributed by atoms with Gasteiger partial charge in [-0.2, -0.15) is 9.78 Å². The van der Waals surface area contributed by atoms with Crippen LogP contribution in [-0.4, -0.2) is 14.8 Å². The Bertz CT molecular complexity index is 641. The maximum Gasteiger partial charge on any atom is 0.293 e. The van der Waals surface area contributed by atoms with Crippen LogP contribution >= 0.6 is 46.4 Å². The third-order valence-corrected chi connectivity index (χ3v) is 3.10. The van der Waals surface area contributed by atoms with Crippen molar-refractivity contribution in [3.8, 4) is 5.82 Å². The van der Waals surface area contributed by atoms with E-state index in [-0.39, 0.29) is 20.9 Å². The first-order valence-electron chi connectivity index (χ1n) is 4.25. The van der Waals surface area contributed by atoms with Crippen LogP contribution in [0.4, 0.5) is 0 Å². The van der Waals surface area contributed by atoms with Crippen LogP contribution in [0.2, 0.25) is 20.1 Å². The van der Waals surface area contributed by atoms with Gasteiger partial charge in [-0.15, -0.1) is 0 Å². The van der Waals surface area contributed by atoms with Crippen molar-refractivity contribution in [2.45, 2.75) is 0 Å². The second-order valence-corrected chi connectivity index (χ2v) is 4.61. The van der Waals surface area contributed by atoms with Crippen LogP contribution in [0.25, 0.3) is 5.82 Å². The molecule has 2 aromatic heterocycles. The highest BCUT2D eigenvalue weighted by atomic mass is 35.5. The van der Waals surface area contributed by atoms with E-state index >= 15 is 0 Å². The fourth-order valence-corrected chi connectivity index (χ4v) is 1.84. The van der Waals surface area contributed by atoms with Gasteiger partial charge in [-0.1, -0.05) is 46.4 Å². The summed E-state index contributed by atoms with van der Waals surface area (Å²) in [6.07, 6.45) is 2.58. The van der Waals surface area contributed by atoms with Gasteiger partial charge in [0, 0.05) is 6.20 Å². The fourth-order valence-electron chi connectivity index (χ4n) is 1.13. The van der Waals surface area contributed by atoms with Crippen molar-refractivity contribution in [3.05, 3.63) is 48.9 Å². The number of pyridine rings is 1. The van der Waals surface area contributed by atoms with Crippen molar-refractivity contribution >= 4 is 46.4 Å². The summed E-state index contributed by atoms with van der Waals surface area (Å²) in [4.78, 5) is 15.7. The molecule has 2 rings (SSSR count). The highest BCUT2D eigenvalue weighted by molar-refractivity contribution is 6.41. The Morgan fingerprint density at radius 1 is 1.06 bits per heavy atom. The Hall–Kier alpha value is -0.810. The average molecular weight is 311 g/mol. The fraction of sp³-hybridized carbons (Fsp3) is 0. The van der Waals surface area contributed by atoms with Crippen LogP contribution in [0.1, 0.15) is 0 Å². The predicted molar refractivity (Wildman–Crippen MR) is 67.7 cm³/mol. The maximum atomic E-state index is 11.8. The quantitative estimate of drug-likeness (QED) is 0.812. The first-order valence-corrected chi connectivity index (χ1v) is 5.76. The molecular weight excluding hydrogens is 308 g/mol. The molecule has 0 atom stereocenters. The molecule has 0 spiro atoms. The topological polar surface area (TPSA) is 47.8 Å². The van der Waals surface area contributed by atoms with E-state index < -0.39 is 5.56 Å². The zero-order valence-corrected chi connectivity index (χ0v) is 11.0. The Kier molecular flexibility index (Phi) is 3.58. The minimum Gasteiger partial charge on any atom is -0.266 e. The second kappa shape index (κ2) is 4.82. The van der Waals surface area contributed by atoms with Gasteiger partial charge < -0.3 is 0 Å². The molecule has 88 valence electrons. The third kappa shape index (κ3) is 2.40. The van der Waals surface area contributed by atoms with E-state index in [1.54, 1.807) is 0 Å². The van der Waals surface area contributed by atoms with Gasteiger partial charge in [-0.05, 0) is 6.07 Å². The minimum atomic E-state index is -0.601. The standard InChI is InChI=1S/C9H3Cl4N3O/c10-4-1-5(11)8(14-2-4)16-9(17)7(13)6(12)3-15-16/h1-3H. The first kappa shape index (κ1) is 12.6. The molecule has 17 heavy (non-hydrogen) atoms. The van der Waals surface area contributed by atoms with E-state index in [0.717, 1.165) is 4.68 Å². The molecule has 0 aromatic carbocycles. The summed E-state index contributed by atoms with van der Waals surface area (Å²) in [6, 6.07) is 1.45. The summed E-state index contributed by atoms with van der Waals surface area (Å²) in [5.41, 5.74) is -0.601. The number of aromatic nitrogens is 3. The average Bonchev–Trinajstić information content (AvgIpc) is 2.28. The molecule has 2 aromatic rings. The zero-order valence-electron chi connectivity index (χ0n) is 7.99. The molecule has 0 saturated heterocycles. The Labute approximate surface area is 116 Å². The lowest BCUT2D eigenvalue weighted by molar-refractivity contribution is 0.782. The molecule has 0 aliphatic rings. The monoisotopic (exact) mass is 309 g/mol. The van der Waals surface area contributed by atoms with E-state index in [4.69, 9.17) is 46.4 Å². The third-order valence-electron chi connectivity index (χ3n) is 1.87. The Balaban J connectivity index is 2.70. The molecule has 0 aliphatic heterocycles.